The summed E-state index contributed by atoms with van der Waals surface area (Å²) in [5, 5.41) is 0.709. The standard InChI is InChI=1S/C21H17ClN2O2/c1-14(25)17-6-8-20(24-13-17)21(26)11-19-7-5-16(12-23-19)9-15-3-2-4-18(22)10-15/h2-8,10,12-13H,9,11H2,1H3. The molecular weight excluding hydrogens is 348 g/mol. The van der Waals surface area contributed by atoms with Gasteiger partial charge in [-0.2, -0.15) is 0 Å². The molecule has 3 aromatic rings. The fraction of sp³-hybridized carbons (Fsp3) is 0.143. The Hall–Kier alpha value is -2.85. The Balaban J connectivity index is 1.65. The molecule has 0 bridgehead atoms. The molecule has 2 heterocycles. The zero-order valence-electron chi connectivity index (χ0n) is 14.3. The van der Waals surface area contributed by atoms with E-state index in [1.54, 1.807) is 18.3 Å². The number of carbonyl (C=O) groups is 2. The third-order valence-electron chi connectivity index (χ3n) is 3.98. The Morgan fingerprint density at radius 1 is 0.962 bits per heavy atom. The summed E-state index contributed by atoms with van der Waals surface area (Å²) in [6, 6.07) is 14.7. The third-order valence-corrected chi connectivity index (χ3v) is 4.22. The smallest absolute Gasteiger partial charge is 0.187 e. The molecule has 0 atom stereocenters. The number of rotatable bonds is 6. The first-order valence-electron chi connectivity index (χ1n) is 8.20. The number of pyridine rings is 2. The number of aromatic nitrogens is 2. The van der Waals surface area contributed by atoms with E-state index >= 15 is 0 Å². The maximum atomic E-state index is 12.3. The van der Waals surface area contributed by atoms with Crippen molar-refractivity contribution in [2.24, 2.45) is 0 Å². The van der Waals surface area contributed by atoms with Crippen LogP contribution in [0.1, 0.15) is 44.6 Å². The zero-order chi connectivity index (χ0) is 18.5. The first-order chi connectivity index (χ1) is 12.5. The molecule has 2 aromatic heterocycles. The third kappa shape index (κ3) is 4.61. The van der Waals surface area contributed by atoms with E-state index in [-0.39, 0.29) is 18.0 Å². The normalized spacial score (nSPS) is 10.5. The van der Waals surface area contributed by atoms with Gasteiger partial charge < -0.3 is 0 Å². The summed E-state index contributed by atoms with van der Waals surface area (Å²) in [7, 11) is 0. The molecule has 0 unspecified atom stereocenters. The summed E-state index contributed by atoms with van der Waals surface area (Å²) >= 11 is 6.00. The summed E-state index contributed by atoms with van der Waals surface area (Å²) in [4.78, 5) is 32.0. The van der Waals surface area contributed by atoms with Crippen molar-refractivity contribution < 1.29 is 9.59 Å². The van der Waals surface area contributed by atoms with Crippen LogP contribution in [0.2, 0.25) is 5.02 Å². The summed E-state index contributed by atoms with van der Waals surface area (Å²) in [5.41, 5.74) is 3.66. The van der Waals surface area contributed by atoms with Gasteiger partial charge in [-0.25, -0.2) is 0 Å². The maximum absolute atomic E-state index is 12.3. The van der Waals surface area contributed by atoms with Crippen molar-refractivity contribution in [3.05, 3.63) is 94.0 Å². The molecule has 1 aromatic carbocycles. The summed E-state index contributed by atoms with van der Waals surface area (Å²) in [6.45, 7) is 1.47. The van der Waals surface area contributed by atoms with Crippen molar-refractivity contribution >= 4 is 23.2 Å². The minimum absolute atomic E-state index is 0.0755. The molecule has 5 heteroatoms. The lowest BCUT2D eigenvalue weighted by atomic mass is 10.1. The fourth-order valence-corrected chi connectivity index (χ4v) is 2.78. The molecule has 3 rings (SSSR count). The Morgan fingerprint density at radius 2 is 1.81 bits per heavy atom. The largest absolute Gasteiger partial charge is 0.294 e. The van der Waals surface area contributed by atoms with Crippen LogP contribution in [0.15, 0.2) is 60.9 Å². The Morgan fingerprint density at radius 3 is 2.42 bits per heavy atom. The maximum Gasteiger partial charge on any atom is 0.187 e. The van der Waals surface area contributed by atoms with E-state index < -0.39 is 0 Å². The van der Waals surface area contributed by atoms with Crippen molar-refractivity contribution in [3.63, 3.8) is 0 Å². The number of carbonyl (C=O) groups excluding carboxylic acids is 2. The molecule has 0 aliphatic carbocycles. The van der Waals surface area contributed by atoms with Gasteiger partial charge in [-0.1, -0.05) is 29.8 Å². The Labute approximate surface area is 156 Å². The fourth-order valence-electron chi connectivity index (χ4n) is 2.57. The average molecular weight is 365 g/mol. The molecule has 0 spiro atoms. The van der Waals surface area contributed by atoms with Gasteiger partial charge in [0.05, 0.1) is 6.42 Å². The summed E-state index contributed by atoms with van der Waals surface area (Å²) in [5.74, 6) is -0.205. The van der Waals surface area contributed by atoms with E-state index in [2.05, 4.69) is 9.97 Å². The topological polar surface area (TPSA) is 59.9 Å². The molecule has 0 saturated carbocycles. The van der Waals surface area contributed by atoms with Gasteiger partial charge in [0.25, 0.3) is 0 Å². The number of halogens is 1. The quantitative estimate of drug-likeness (QED) is 0.610. The van der Waals surface area contributed by atoms with Crippen LogP contribution in [-0.2, 0) is 12.8 Å². The van der Waals surface area contributed by atoms with Crippen LogP contribution >= 0.6 is 11.6 Å². The number of hydrogen-bond donors (Lipinski definition) is 0. The predicted molar refractivity (Wildman–Crippen MR) is 101 cm³/mol. The number of nitrogens with zero attached hydrogens (tertiary/aromatic N) is 2. The number of Topliss-reactive ketones (excluding diaryl/α,β-unsaturated/α-hetero) is 2. The lowest BCUT2D eigenvalue weighted by Crippen LogP contribution is -2.08. The van der Waals surface area contributed by atoms with Crippen LogP contribution in [0.5, 0.6) is 0 Å². The summed E-state index contributed by atoms with van der Waals surface area (Å²) in [6.07, 6.45) is 4.10. The highest BCUT2D eigenvalue weighted by Crippen LogP contribution is 2.15. The molecule has 4 nitrogen and oxygen atoms in total. The molecular formula is C21H17ClN2O2. The molecule has 26 heavy (non-hydrogen) atoms. The van der Waals surface area contributed by atoms with E-state index in [1.807, 2.05) is 36.4 Å². The highest BCUT2D eigenvalue weighted by atomic mass is 35.5. The molecule has 0 radical (unpaired) electrons. The van der Waals surface area contributed by atoms with E-state index in [9.17, 15) is 9.59 Å². The SMILES string of the molecule is CC(=O)c1ccc(C(=O)Cc2ccc(Cc3cccc(Cl)c3)cn2)nc1. The van der Waals surface area contributed by atoms with Gasteiger partial charge in [-0.15, -0.1) is 0 Å². The molecule has 0 amide bonds. The van der Waals surface area contributed by atoms with Crippen molar-refractivity contribution in [1.29, 1.82) is 0 Å². The van der Waals surface area contributed by atoms with Crippen LogP contribution < -0.4 is 0 Å². The second-order valence-electron chi connectivity index (χ2n) is 6.05. The van der Waals surface area contributed by atoms with Gasteiger partial charge in [0.2, 0.25) is 0 Å². The minimum Gasteiger partial charge on any atom is -0.294 e. The van der Waals surface area contributed by atoms with Gasteiger partial charge in [-0.3, -0.25) is 19.6 Å². The highest BCUT2D eigenvalue weighted by molar-refractivity contribution is 6.30. The summed E-state index contributed by atoms with van der Waals surface area (Å²) < 4.78 is 0. The first-order valence-corrected chi connectivity index (χ1v) is 8.57. The minimum atomic E-state index is -0.129. The van der Waals surface area contributed by atoms with Crippen molar-refractivity contribution in [2.45, 2.75) is 19.8 Å². The van der Waals surface area contributed by atoms with Crippen molar-refractivity contribution in [2.75, 3.05) is 0 Å². The van der Waals surface area contributed by atoms with Crippen molar-refractivity contribution in [1.82, 2.24) is 9.97 Å². The lowest BCUT2D eigenvalue weighted by Gasteiger charge is -2.05. The second-order valence-corrected chi connectivity index (χ2v) is 6.49. The van der Waals surface area contributed by atoms with E-state index in [0.29, 0.717) is 22.0 Å². The Bertz CT molecular complexity index is 935. The van der Waals surface area contributed by atoms with Crippen LogP contribution in [-0.4, -0.2) is 21.5 Å². The van der Waals surface area contributed by atoms with Crippen LogP contribution in [0.25, 0.3) is 0 Å². The molecule has 0 N–H and O–H groups in total. The molecule has 0 aliphatic rings. The first kappa shape index (κ1) is 18.0. The van der Waals surface area contributed by atoms with Gasteiger partial charge in [0.1, 0.15) is 5.69 Å². The predicted octanol–water partition coefficient (Wildman–Crippen LogP) is 4.35. The van der Waals surface area contributed by atoms with Gasteiger partial charge in [0.15, 0.2) is 11.6 Å². The van der Waals surface area contributed by atoms with E-state index in [0.717, 1.165) is 17.5 Å². The number of hydrogen-bond acceptors (Lipinski definition) is 4. The van der Waals surface area contributed by atoms with Crippen LogP contribution in [0, 0.1) is 0 Å². The zero-order valence-corrected chi connectivity index (χ0v) is 15.0. The Kier molecular flexibility index (Phi) is 5.54. The molecule has 0 aliphatic heterocycles. The van der Waals surface area contributed by atoms with Gasteiger partial charge in [-0.05, 0) is 54.8 Å². The second kappa shape index (κ2) is 8.02. The number of ketones is 2. The van der Waals surface area contributed by atoms with Crippen LogP contribution in [0.4, 0.5) is 0 Å². The molecule has 0 saturated heterocycles. The van der Waals surface area contributed by atoms with E-state index in [4.69, 9.17) is 11.6 Å². The molecule has 130 valence electrons. The van der Waals surface area contributed by atoms with E-state index in [1.165, 1.54) is 13.1 Å². The molecule has 0 fully saturated rings. The van der Waals surface area contributed by atoms with Crippen molar-refractivity contribution in [3.8, 4) is 0 Å². The average Bonchev–Trinajstić information content (AvgIpc) is 2.63. The number of benzene rings is 1. The highest BCUT2D eigenvalue weighted by Gasteiger charge is 2.10. The van der Waals surface area contributed by atoms with Gasteiger partial charge >= 0.3 is 0 Å². The van der Waals surface area contributed by atoms with Gasteiger partial charge in [0, 0.05) is 28.7 Å². The lowest BCUT2D eigenvalue weighted by molar-refractivity contribution is 0.0981. The monoisotopic (exact) mass is 364 g/mol. The van der Waals surface area contributed by atoms with Crippen LogP contribution in [0.3, 0.4) is 0 Å².